The summed E-state index contributed by atoms with van der Waals surface area (Å²) in [6.07, 6.45) is 0. The zero-order valence-corrected chi connectivity index (χ0v) is 11.4. The van der Waals surface area contributed by atoms with Crippen molar-refractivity contribution in [3.63, 3.8) is 0 Å². The monoisotopic (exact) mass is 305 g/mol. The molecule has 0 atom stereocenters. The Balaban J connectivity index is 2.01. The van der Waals surface area contributed by atoms with Crippen LogP contribution in [0.5, 0.6) is 5.75 Å². The number of amides is 1. The van der Waals surface area contributed by atoms with Gasteiger partial charge < -0.3 is 10.0 Å². The maximum atomic E-state index is 13.6. The van der Waals surface area contributed by atoms with Gasteiger partial charge in [-0.2, -0.15) is 0 Å². The van der Waals surface area contributed by atoms with Gasteiger partial charge in [0, 0.05) is 0 Å². The molecule has 0 saturated carbocycles. The molecule has 0 radical (unpaired) electrons. The molecular weight excluding hydrogens is 297 g/mol. The van der Waals surface area contributed by atoms with E-state index in [1.165, 1.54) is 23.1 Å². The van der Waals surface area contributed by atoms with Crippen molar-refractivity contribution in [1.82, 2.24) is 0 Å². The number of ketones is 1. The van der Waals surface area contributed by atoms with Gasteiger partial charge in [0.15, 0.2) is 0 Å². The summed E-state index contributed by atoms with van der Waals surface area (Å²) in [6, 6.07) is 8.45. The first-order valence-electron chi connectivity index (χ1n) is 6.10. The van der Waals surface area contributed by atoms with Crippen LogP contribution in [0.2, 0.25) is 5.02 Å². The van der Waals surface area contributed by atoms with Crippen LogP contribution in [0.4, 0.5) is 10.1 Å². The lowest BCUT2D eigenvalue weighted by atomic mass is 10.1. The molecule has 0 fully saturated rings. The number of phenolic OH excluding ortho intramolecular Hbond substituents is 1. The smallest absolute Gasteiger partial charge is 0.299 e. The van der Waals surface area contributed by atoms with E-state index in [0.29, 0.717) is 5.56 Å². The van der Waals surface area contributed by atoms with Crippen LogP contribution in [0.1, 0.15) is 15.9 Å². The lowest BCUT2D eigenvalue weighted by Crippen LogP contribution is -2.29. The van der Waals surface area contributed by atoms with E-state index in [0.717, 1.165) is 6.07 Å². The summed E-state index contributed by atoms with van der Waals surface area (Å²) in [5.41, 5.74) is 1.02. The van der Waals surface area contributed by atoms with Crippen molar-refractivity contribution >= 4 is 29.0 Å². The van der Waals surface area contributed by atoms with Crippen LogP contribution in [0.25, 0.3) is 0 Å². The second-order valence-corrected chi connectivity index (χ2v) is 5.08. The number of carbonyl (C=O) groups excluding carboxylic acids is 2. The Bertz CT molecular complexity index is 758. The Kier molecular flexibility index (Phi) is 3.14. The number of hydrogen-bond acceptors (Lipinski definition) is 3. The number of halogens is 2. The molecule has 2 aromatic rings. The number of Topliss-reactive ketones (excluding diaryl/α,β-unsaturated/α-hetero) is 1. The molecule has 1 heterocycles. The Morgan fingerprint density at radius 2 is 1.81 bits per heavy atom. The van der Waals surface area contributed by atoms with E-state index >= 15 is 0 Å². The van der Waals surface area contributed by atoms with Crippen LogP contribution in [-0.4, -0.2) is 16.8 Å². The Morgan fingerprint density at radius 1 is 1.14 bits per heavy atom. The first-order chi connectivity index (χ1) is 9.97. The van der Waals surface area contributed by atoms with Gasteiger partial charge in [-0.25, -0.2) is 4.39 Å². The topological polar surface area (TPSA) is 57.6 Å². The quantitative estimate of drug-likeness (QED) is 0.868. The molecule has 1 aliphatic rings. The van der Waals surface area contributed by atoms with E-state index in [1.54, 1.807) is 12.1 Å². The molecule has 0 bridgehead atoms. The molecule has 106 valence electrons. The number of carbonyl (C=O) groups is 2. The minimum Gasteiger partial charge on any atom is -0.508 e. The highest BCUT2D eigenvalue weighted by molar-refractivity contribution is 6.52. The van der Waals surface area contributed by atoms with Crippen molar-refractivity contribution in [2.24, 2.45) is 0 Å². The molecule has 4 nitrogen and oxygen atoms in total. The number of hydrogen-bond donors (Lipinski definition) is 1. The van der Waals surface area contributed by atoms with Gasteiger partial charge in [-0.1, -0.05) is 23.7 Å². The van der Waals surface area contributed by atoms with E-state index in [9.17, 15) is 19.1 Å². The summed E-state index contributed by atoms with van der Waals surface area (Å²) < 4.78 is 13.6. The zero-order chi connectivity index (χ0) is 15.1. The summed E-state index contributed by atoms with van der Waals surface area (Å²) in [7, 11) is 0. The van der Waals surface area contributed by atoms with Crippen LogP contribution in [-0.2, 0) is 11.3 Å². The lowest BCUT2D eigenvalue weighted by molar-refractivity contribution is -0.114. The molecular formula is C15H9ClFNO3. The van der Waals surface area contributed by atoms with Crippen molar-refractivity contribution in [3.8, 4) is 5.75 Å². The fraction of sp³-hybridized carbons (Fsp3) is 0.0667. The van der Waals surface area contributed by atoms with Crippen LogP contribution in [0.15, 0.2) is 36.4 Å². The summed E-state index contributed by atoms with van der Waals surface area (Å²) in [4.78, 5) is 25.1. The highest BCUT2D eigenvalue weighted by Gasteiger charge is 2.36. The third kappa shape index (κ3) is 2.25. The molecule has 1 amide bonds. The first-order valence-corrected chi connectivity index (χ1v) is 6.48. The van der Waals surface area contributed by atoms with Gasteiger partial charge in [0.1, 0.15) is 11.6 Å². The van der Waals surface area contributed by atoms with Crippen LogP contribution < -0.4 is 4.90 Å². The van der Waals surface area contributed by atoms with E-state index in [1.807, 2.05) is 0 Å². The Hall–Kier alpha value is -2.40. The molecule has 0 unspecified atom stereocenters. The van der Waals surface area contributed by atoms with Gasteiger partial charge in [0.2, 0.25) is 0 Å². The molecule has 3 rings (SSSR count). The average Bonchev–Trinajstić information content (AvgIpc) is 2.67. The summed E-state index contributed by atoms with van der Waals surface area (Å²) in [5, 5.41) is 9.04. The Morgan fingerprint density at radius 3 is 2.48 bits per heavy atom. The molecule has 0 spiro atoms. The third-order valence-electron chi connectivity index (χ3n) is 3.29. The number of phenols is 1. The van der Waals surface area contributed by atoms with Crippen molar-refractivity contribution in [2.45, 2.75) is 6.54 Å². The Labute approximate surface area is 124 Å². The molecule has 1 aliphatic heterocycles. The SMILES string of the molecule is O=C1C(=O)N(Cc2ccc(O)cc2)c2cc(F)c(Cl)cc21. The average molecular weight is 306 g/mol. The van der Waals surface area contributed by atoms with Crippen LogP contribution >= 0.6 is 11.6 Å². The first kappa shape index (κ1) is 13.6. The van der Waals surface area contributed by atoms with Crippen LogP contribution in [0, 0.1) is 5.82 Å². The van der Waals surface area contributed by atoms with Gasteiger partial charge in [0.25, 0.3) is 11.7 Å². The van der Waals surface area contributed by atoms with Gasteiger partial charge >= 0.3 is 0 Å². The van der Waals surface area contributed by atoms with Crippen molar-refractivity contribution in [2.75, 3.05) is 4.90 Å². The number of benzene rings is 2. The molecule has 6 heteroatoms. The number of fused-ring (bicyclic) bond motifs is 1. The van der Waals surface area contributed by atoms with E-state index in [2.05, 4.69) is 0 Å². The van der Waals surface area contributed by atoms with E-state index in [-0.39, 0.29) is 28.6 Å². The minimum absolute atomic E-state index is 0.0980. The van der Waals surface area contributed by atoms with Crippen molar-refractivity contribution in [1.29, 1.82) is 0 Å². The predicted molar refractivity (Wildman–Crippen MR) is 75.0 cm³/mol. The second kappa shape index (κ2) is 4.86. The maximum absolute atomic E-state index is 13.6. The third-order valence-corrected chi connectivity index (χ3v) is 3.58. The van der Waals surface area contributed by atoms with Gasteiger partial charge in [-0.15, -0.1) is 0 Å². The number of anilines is 1. The van der Waals surface area contributed by atoms with Crippen LogP contribution in [0.3, 0.4) is 0 Å². The highest BCUT2D eigenvalue weighted by atomic mass is 35.5. The number of aromatic hydroxyl groups is 1. The second-order valence-electron chi connectivity index (χ2n) is 4.67. The summed E-state index contributed by atoms with van der Waals surface area (Å²) in [6.45, 7) is 0.110. The summed E-state index contributed by atoms with van der Waals surface area (Å²) >= 11 is 5.65. The summed E-state index contributed by atoms with van der Waals surface area (Å²) in [5.74, 6) is -2.01. The van der Waals surface area contributed by atoms with E-state index in [4.69, 9.17) is 11.6 Å². The standard InChI is InChI=1S/C15H9ClFNO3/c16-11-5-10-13(6-12(11)17)18(15(21)14(10)20)7-8-1-3-9(19)4-2-8/h1-6,19H,7H2. The lowest BCUT2D eigenvalue weighted by Gasteiger charge is -2.16. The fourth-order valence-electron chi connectivity index (χ4n) is 2.23. The number of rotatable bonds is 2. The van der Waals surface area contributed by atoms with Gasteiger partial charge in [-0.05, 0) is 29.8 Å². The van der Waals surface area contributed by atoms with E-state index < -0.39 is 17.5 Å². The largest absolute Gasteiger partial charge is 0.508 e. The predicted octanol–water partition coefficient (Wildman–Crippen LogP) is 2.91. The number of nitrogens with zero attached hydrogens (tertiary/aromatic N) is 1. The van der Waals surface area contributed by atoms with Crippen molar-refractivity contribution in [3.05, 3.63) is 58.4 Å². The van der Waals surface area contributed by atoms with Crippen molar-refractivity contribution < 1.29 is 19.1 Å². The molecule has 2 aromatic carbocycles. The molecule has 0 aromatic heterocycles. The molecule has 1 N–H and O–H groups in total. The zero-order valence-electron chi connectivity index (χ0n) is 10.6. The maximum Gasteiger partial charge on any atom is 0.299 e. The molecule has 21 heavy (non-hydrogen) atoms. The molecule has 0 aliphatic carbocycles. The normalized spacial score (nSPS) is 13.7. The fourth-order valence-corrected chi connectivity index (χ4v) is 2.39. The highest BCUT2D eigenvalue weighted by Crippen LogP contribution is 2.34. The van der Waals surface area contributed by atoms with Gasteiger partial charge in [-0.3, -0.25) is 9.59 Å². The minimum atomic E-state index is -0.722. The van der Waals surface area contributed by atoms with Gasteiger partial charge in [0.05, 0.1) is 22.8 Å². The molecule has 0 saturated heterocycles.